The predicted molar refractivity (Wildman–Crippen MR) is 91.7 cm³/mol. The van der Waals surface area contributed by atoms with Crippen LogP contribution in [0.15, 0.2) is 42.5 Å². The molecule has 2 aromatic rings. The Morgan fingerprint density at radius 2 is 1.92 bits per heavy atom. The summed E-state index contributed by atoms with van der Waals surface area (Å²) in [5.41, 5.74) is 3.39. The van der Waals surface area contributed by atoms with Crippen molar-refractivity contribution in [2.75, 3.05) is 13.2 Å². The zero-order chi connectivity index (χ0) is 17.4. The van der Waals surface area contributed by atoms with Gasteiger partial charge in [0.15, 0.2) is 0 Å². The molecule has 0 spiro atoms. The summed E-state index contributed by atoms with van der Waals surface area (Å²) in [6, 6.07) is 13.0. The lowest BCUT2D eigenvalue weighted by atomic mass is 9.93. The number of hydrogen-bond donors (Lipinski definition) is 1. The SMILES string of the molecule is O=C(O)c1ccc2c(c1)CN(C(=O)C1COc3ccccc3C1)CC2. The molecule has 1 amide bonds. The van der Waals surface area contributed by atoms with E-state index in [2.05, 4.69) is 0 Å². The molecular formula is C20H19NO4. The van der Waals surface area contributed by atoms with Crippen LogP contribution in [-0.4, -0.2) is 35.0 Å². The van der Waals surface area contributed by atoms with Crippen molar-refractivity contribution in [1.82, 2.24) is 4.90 Å². The molecule has 2 heterocycles. The van der Waals surface area contributed by atoms with Crippen molar-refractivity contribution in [3.63, 3.8) is 0 Å². The van der Waals surface area contributed by atoms with Crippen LogP contribution in [0.5, 0.6) is 5.75 Å². The second-order valence-corrected chi connectivity index (χ2v) is 6.62. The highest BCUT2D eigenvalue weighted by molar-refractivity contribution is 5.88. The van der Waals surface area contributed by atoms with E-state index in [0.29, 0.717) is 26.1 Å². The number of amides is 1. The van der Waals surface area contributed by atoms with Gasteiger partial charge in [-0.25, -0.2) is 4.79 Å². The van der Waals surface area contributed by atoms with Gasteiger partial charge in [-0.3, -0.25) is 4.79 Å². The molecule has 0 bridgehead atoms. The van der Waals surface area contributed by atoms with Gasteiger partial charge in [0, 0.05) is 13.1 Å². The van der Waals surface area contributed by atoms with E-state index in [-0.39, 0.29) is 17.4 Å². The molecule has 4 rings (SSSR count). The predicted octanol–water partition coefficient (Wildman–Crippen LogP) is 2.52. The Hall–Kier alpha value is -2.82. The molecule has 0 aliphatic carbocycles. The number of benzene rings is 2. The Bertz CT molecular complexity index is 845. The molecule has 0 aromatic heterocycles. The first-order valence-corrected chi connectivity index (χ1v) is 8.46. The molecule has 5 heteroatoms. The zero-order valence-electron chi connectivity index (χ0n) is 13.8. The summed E-state index contributed by atoms with van der Waals surface area (Å²) in [5.74, 6) is -0.176. The van der Waals surface area contributed by atoms with Gasteiger partial charge in [-0.15, -0.1) is 0 Å². The zero-order valence-corrected chi connectivity index (χ0v) is 13.8. The van der Waals surface area contributed by atoms with Crippen LogP contribution in [0, 0.1) is 5.92 Å². The average molecular weight is 337 g/mol. The minimum Gasteiger partial charge on any atom is -0.492 e. The molecule has 128 valence electrons. The largest absolute Gasteiger partial charge is 0.492 e. The van der Waals surface area contributed by atoms with Gasteiger partial charge in [0.1, 0.15) is 12.4 Å². The van der Waals surface area contributed by atoms with Gasteiger partial charge in [0.05, 0.1) is 11.5 Å². The topological polar surface area (TPSA) is 66.8 Å². The number of carboxylic acid groups (broad SMARTS) is 1. The number of ether oxygens (including phenoxy) is 1. The van der Waals surface area contributed by atoms with E-state index in [9.17, 15) is 9.59 Å². The van der Waals surface area contributed by atoms with Gasteiger partial charge in [-0.1, -0.05) is 24.3 Å². The lowest BCUT2D eigenvalue weighted by molar-refractivity contribution is -0.137. The first kappa shape index (κ1) is 15.7. The summed E-state index contributed by atoms with van der Waals surface area (Å²) >= 11 is 0. The smallest absolute Gasteiger partial charge is 0.335 e. The van der Waals surface area contributed by atoms with Crippen LogP contribution in [0.1, 0.15) is 27.0 Å². The van der Waals surface area contributed by atoms with Crippen molar-refractivity contribution < 1.29 is 19.4 Å². The molecule has 1 N–H and O–H groups in total. The van der Waals surface area contributed by atoms with Crippen LogP contribution < -0.4 is 4.74 Å². The van der Waals surface area contributed by atoms with Gasteiger partial charge in [0.25, 0.3) is 0 Å². The molecule has 0 saturated carbocycles. The second kappa shape index (κ2) is 6.24. The Morgan fingerprint density at radius 3 is 2.76 bits per heavy atom. The van der Waals surface area contributed by atoms with Gasteiger partial charge in [-0.2, -0.15) is 0 Å². The summed E-state index contributed by atoms with van der Waals surface area (Å²) in [4.78, 5) is 25.9. The average Bonchev–Trinajstić information content (AvgIpc) is 2.66. The number of nitrogens with zero attached hydrogens (tertiary/aromatic N) is 1. The summed E-state index contributed by atoms with van der Waals surface area (Å²) in [6.07, 6.45) is 1.44. The minimum absolute atomic E-state index is 0.0841. The quantitative estimate of drug-likeness (QED) is 0.914. The van der Waals surface area contributed by atoms with E-state index in [1.807, 2.05) is 35.2 Å². The van der Waals surface area contributed by atoms with Crippen molar-refractivity contribution in [2.45, 2.75) is 19.4 Å². The molecule has 2 aliphatic rings. The third-order valence-electron chi connectivity index (χ3n) is 5.01. The highest BCUT2D eigenvalue weighted by atomic mass is 16.5. The molecule has 2 aromatic carbocycles. The van der Waals surface area contributed by atoms with Gasteiger partial charge in [0.2, 0.25) is 5.91 Å². The third kappa shape index (κ3) is 2.97. The van der Waals surface area contributed by atoms with Crippen molar-refractivity contribution in [3.8, 4) is 5.75 Å². The van der Waals surface area contributed by atoms with Crippen LogP contribution in [0.3, 0.4) is 0 Å². The molecule has 25 heavy (non-hydrogen) atoms. The fourth-order valence-electron chi connectivity index (χ4n) is 3.62. The van der Waals surface area contributed by atoms with E-state index >= 15 is 0 Å². The summed E-state index contributed by atoms with van der Waals surface area (Å²) < 4.78 is 5.74. The summed E-state index contributed by atoms with van der Waals surface area (Å²) in [6.45, 7) is 1.53. The van der Waals surface area contributed by atoms with Gasteiger partial charge >= 0.3 is 5.97 Å². The maximum atomic E-state index is 12.9. The number of hydrogen-bond acceptors (Lipinski definition) is 3. The lowest BCUT2D eigenvalue weighted by Gasteiger charge is -2.33. The highest BCUT2D eigenvalue weighted by Gasteiger charge is 2.31. The maximum absolute atomic E-state index is 12.9. The highest BCUT2D eigenvalue weighted by Crippen LogP contribution is 2.29. The molecular weight excluding hydrogens is 318 g/mol. The van der Waals surface area contributed by atoms with Crippen molar-refractivity contribution in [1.29, 1.82) is 0 Å². The molecule has 1 unspecified atom stereocenters. The van der Waals surface area contributed by atoms with E-state index in [1.54, 1.807) is 12.1 Å². The van der Waals surface area contributed by atoms with Crippen LogP contribution in [-0.2, 0) is 24.2 Å². The molecule has 0 saturated heterocycles. The molecule has 2 aliphatic heterocycles. The van der Waals surface area contributed by atoms with Crippen LogP contribution in [0.25, 0.3) is 0 Å². The first-order valence-electron chi connectivity index (χ1n) is 8.46. The van der Waals surface area contributed by atoms with E-state index in [4.69, 9.17) is 9.84 Å². The molecule has 5 nitrogen and oxygen atoms in total. The number of rotatable bonds is 2. The number of carbonyl (C=O) groups is 2. The summed E-state index contributed by atoms with van der Waals surface area (Å²) in [7, 11) is 0. The van der Waals surface area contributed by atoms with E-state index in [1.165, 1.54) is 0 Å². The van der Waals surface area contributed by atoms with E-state index in [0.717, 1.165) is 28.9 Å². The molecule has 1 atom stereocenters. The number of carbonyl (C=O) groups excluding carboxylic acids is 1. The minimum atomic E-state index is -0.941. The van der Waals surface area contributed by atoms with Gasteiger partial charge in [-0.05, 0) is 47.7 Å². The van der Waals surface area contributed by atoms with E-state index < -0.39 is 5.97 Å². The fraction of sp³-hybridized carbons (Fsp3) is 0.300. The Labute approximate surface area is 145 Å². The standard InChI is InChI=1S/C20H19NO4/c22-19(17-9-14-3-1-2-4-18(14)25-12-17)21-8-7-13-5-6-15(20(23)24)10-16(13)11-21/h1-6,10,17H,7-9,11-12H2,(H,23,24). The number of aromatic carboxylic acids is 1. The van der Waals surface area contributed by atoms with Crippen LogP contribution >= 0.6 is 0 Å². The Balaban J connectivity index is 1.51. The number of fused-ring (bicyclic) bond motifs is 2. The monoisotopic (exact) mass is 337 g/mol. The first-order chi connectivity index (χ1) is 12.1. The maximum Gasteiger partial charge on any atom is 0.335 e. The Morgan fingerprint density at radius 1 is 1.08 bits per heavy atom. The van der Waals surface area contributed by atoms with Crippen LogP contribution in [0.2, 0.25) is 0 Å². The lowest BCUT2D eigenvalue weighted by Crippen LogP contribution is -2.43. The van der Waals surface area contributed by atoms with Crippen molar-refractivity contribution in [3.05, 3.63) is 64.7 Å². The third-order valence-corrected chi connectivity index (χ3v) is 5.01. The normalized spacial score (nSPS) is 18.7. The van der Waals surface area contributed by atoms with Crippen molar-refractivity contribution >= 4 is 11.9 Å². The van der Waals surface area contributed by atoms with Gasteiger partial charge < -0.3 is 14.7 Å². The number of carboxylic acids is 1. The summed E-state index contributed by atoms with van der Waals surface area (Å²) in [5, 5.41) is 9.16. The van der Waals surface area contributed by atoms with Crippen molar-refractivity contribution in [2.24, 2.45) is 5.92 Å². The van der Waals surface area contributed by atoms with Crippen LogP contribution in [0.4, 0.5) is 0 Å². The fourth-order valence-corrected chi connectivity index (χ4v) is 3.62. The number of para-hydroxylation sites is 1. The molecule has 0 fully saturated rings. The second-order valence-electron chi connectivity index (χ2n) is 6.62. The molecule has 0 radical (unpaired) electrons. The Kier molecular flexibility index (Phi) is 3.92.